The van der Waals surface area contributed by atoms with Crippen molar-refractivity contribution in [2.24, 2.45) is 0 Å². The van der Waals surface area contributed by atoms with Gasteiger partial charge in [0.15, 0.2) is 0 Å². The van der Waals surface area contributed by atoms with E-state index in [2.05, 4.69) is 83.3 Å². The Morgan fingerprint density at radius 3 is 2.46 bits per heavy atom. The molecule has 162 valence electrons. The van der Waals surface area contributed by atoms with E-state index in [1.54, 1.807) is 0 Å². The Hall–Kier alpha value is -4.50. The first-order valence-electron chi connectivity index (χ1n) is 12.2. The van der Waals surface area contributed by atoms with Crippen molar-refractivity contribution in [3.8, 4) is 22.3 Å². The molecule has 0 aliphatic heterocycles. The number of rotatable bonds is 0. The maximum Gasteiger partial charge on any atom is 0.146 e. The summed E-state index contributed by atoms with van der Waals surface area (Å²) in [6.07, 6.45) is 3.88. The van der Waals surface area contributed by atoms with Gasteiger partial charge in [-0.25, -0.2) is 4.98 Å². The van der Waals surface area contributed by atoms with E-state index >= 15 is 0 Å². The van der Waals surface area contributed by atoms with Crippen LogP contribution in [0.1, 0.15) is 22.3 Å². The van der Waals surface area contributed by atoms with E-state index < -0.39 is 0 Å². The van der Waals surface area contributed by atoms with Crippen LogP contribution in [-0.2, 0) is 12.8 Å². The van der Waals surface area contributed by atoms with E-state index in [0.29, 0.717) is 0 Å². The number of hydrogen-bond donors (Lipinski definition) is 0. The molecule has 3 aromatic heterocycles. The lowest BCUT2D eigenvalue weighted by molar-refractivity contribution is 1.22. The molecule has 0 atom stereocenters. The first kappa shape index (κ1) is 17.9. The zero-order valence-electron chi connectivity index (χ0n) is 18.9. The fraction of sp³-hybridized carbons (Fsp3) is 0.0625. The largest absolute Gasteiger partial charge is 0.290 e. The topological polar surface area (TPSA) is 30.2 Å². The van der Waals surface area contributed by atoms with Crippen molar-refractivity contribution in [1.82, 2.24) is 14.4 Å². The molecule has 0 saturated heterocycles. The molecule has 0 radical (unpaired) electrons. The molecular weight excluding hydrogens is 426 g/mol. The zero-order valence-corrected chi connectivity index (χ0v) is 18.9. The van der Waals surface area contributed by atoms with Crippen molar-refractivity contribution in [2.75, 3.05) is 0 Å². The number of nitrogens with zero attached hydrogens (tertiary/aromatic N) is 3. The highest BCUT2D eigenvalue weighted by Gasteiger charge is 2.28. The van der Waals surface area contributed by atoms with E-state index in [1.165, 1.54) is 55.3 Å². The molecule has 0 saturated carbocycles. The molecule has 0 amide bonds. The quantitative estimate of drug-likeness (QED) is 0.229. The van der Waals surface area contributed by atoms with Crippen molar-refractivity contribution >= 4 is 38.5 Å². The van der Waals surface area contributed by atoms with E-state index in [4.69, 9.17) is 9.97 Å². The van der Waals surface area contributed by atoms with E-state index in [9.17, 15) is 0 Å². The molecule has 4 aromatic carbocycles. The number of benzene rings is 4. The number of fused-ring (bicyclic) bond motifs is 15. The maximum absolute atomic E-state index is 5.08. The van der Waals surface area contributed by atoms with Crippen molar-refractivity contribution in [3.63, 3.8) is 0 Å². The summed E-state index contributed by atoms with van der Waals surface area (Å²) in [6, 6.07) is 30.9. The van der Waals surface area contributed by atoms with Gasteiger partial charge in [0.25, 0.3) is 0 Å². The van der Waals surface area contributed by atoms with E-state index in [0.717, 1.165) is 40.6 Å². The number of aromatic nitrogens is 3. The summed E-state index contributed by atoms with van der Waals surface area (Å²) in [5.74, 6) is 0. The fourth-order valence-electron chi connectivity index (χ4n) is 6.58. The van der Waals surface area contributed by atoms with E-state index in [1.807, 2.05) is 12.3 Å². The van der Waals surface area contributed by atoms with Gasteiger partial charge in [0, 0.05) is 17.0 Å². The van der Waals surface area contributed by atoms with Gasteiger partial charge in [-0.3, -0.25) is 9.38 Å². The minimum Gasteiger partial charge on any atom is -0.290 e. The Bertz CT molecular complexity index is 2060. The molecule has 9 rings (SSSR count). The molecule has 0 unspecified atom stereocenters. The van der Waals surface area contributed by atoms with Crippen LogP contribution in [0.3, 0.4) is 0 Å². The molecular formula is C32H19N3. The van der Waals surface area contributed by atoms with Crippen LogP contribution in [-0.4, -0.2) is 14.4 Å². The van der Waals surface area contributed by atoms with Crippen molar-refractivity contribution in [2.45, 2.75) is 12.8 Å². The van der Waals surface area contributed by atoms with Crippen LogP contribution in [0.15, 0.2) is 91.1 Å². The Morgan fingerprint density at radius 1 is 0.629 bits per heavy atom. The summed E-state index contributed by atoms with van der Waals surface area (Å²) < 4.78 is 2.28. The van der Waals surface area contributed by atoms with Gasteiger partial charge in [0.05, 0.1) is 22.1 Å². The minimum atomic E-state index is 0.938. The molecule has 0 N–H and O–H groups in total. The van der Waals surface area contributed by atoms with Gasteiger partial charge in [-0.2, -0.15) is 0 Å². The third-order valence-corrected chi connectivity index (χ3v) is 8.05. The Kier molecular flexibility index (Phi) is 3.14. The average molecular weight is 446 g/mol. The summed E-state index contributed by atoms with van der Waals surface area (Å²) >= 11 is 0. The predicted octanol–water partition coefficient (Wildman–Crippen LogP) is 7.33. The van der Waals surface area contributed by atoms with Gasteiger partial charge in [-0.05, 0) is 93.7 Å². The molecule has 3 heteroatoms. The van der Waals surface area contributed by atoms with Crippen LogP contribution >= 0.6 is 0 Å². The van der Waals surface area contributed by atoms with Gasteiger partial charge in [0.2, 0.25) is 0 Å². The number of para-hydroxylation sites is 2. The first-order chi connectivity index (χ1) is 17.3. The molecule has 3 heterocycles. The van der Waals surface area contributed by atoms with E-state index in [-0.39, 0.29) is 0 Å². The lowest BCUT2D eigenvalue weighted by Gasteiger charge is -2.12. The molecule has 0 bridgehead atoms. The normalized spacial score (nSPS) is 13.5. The second-order valence-electron chi connectivity index (χ2n) is 9.82. The van der Waals surface area contributed by atoms with Crippen molar-refractivity contribution in [3.05, 3.63) is 113 Å². The number of imidazole rings is 1. The monoisotopic (exact) mass is 445 g/mol. The summed E-state index contributed by atoms with van der Waals surface area (Å²) in [5.41, 5.74) is 16.5. The second-order valence-corrected chi connectivity index (χ2v) is 9.82. The van der Waals surface area contributed by atoms with Crippen LogP contribution in [0.5, 0.6) is 0 Å². The standard InChI is InChI=1S/C32H19N3/c1-2-7-21-18(6-1)14-19-15-20-16-26-22(25(20)17-24(19)21)11-12-23-30(26)31-29(10-5-13-33-31)35-28-9-4-3-8-27(28)34-32(23)35/h1-13,15,17H,14,16H2. The zero-order chi connectivity index (χ0) is 22.7. The van der Waals surface area contributed by atoms with Crippen molar-refractivity contribution in [1.29, 1.82) is 0 Å². The number of hydrogen-bond acceptors (Lipinski definition) is 2. The van der Waals surface area contributed by atoms with Crippen LogP contribution in [0.25, 0.3) is 60.7 Å². The predicted molar refractivity (Wildman–Crippen MR) is 142 cm³/mol. The minimum absolute atomic E-state index is 0.938. The SMILES string of the molecule is c1ccc2c(c1)Cc1cc3c(cc1-2)-c1ccc2c(c1C3)c1ncccc1n1c3ccccc3nc21. The van der Waals surface area contributed by atoms with Gasteiger partial charge in [0.1, 0.15) is 5.65 Å². The maximum atomic E-state index is 5.08. The molecule has 0 spiro atoms. The molecule has 35 heavy (non-hydrogen) atoms. The summed E-state index contributed by atoms with van der Waals surface area (Å²) in [6.45, 7) is 0. The van der Waals surface area contributed by atoms with Gasteiger partial charge < -0.3 is 0 Å². The molecule has 0 fully saturated rings. The highest BCUT2D eigenvalue weighted by molar-refractivity contribution is 6.16. The third-order valence-electron chi connectivity index (χ3n) is 8.05. The van der Waals surface area contributed by atoms with Crippen LogP contribution in [0.4, 0.5) is 0 Å². The first-order valence-corrected chi connectivity index (χ1v) is 12.2. The summed E-state index contributed by atoms with van der Waals surface area (Å²) in [7, 11) is 0. The van der Waals surface area contributed by atoms with Gasteiger partial charge in [-0.1, -0.05) is 48.5 Å². The lowest BCUT2D eigenvalue weighted by Crippen LogP contribution is -1.96. The Labute approximate surface area is 201 Å². The third kappa shape index (κ3) is 2.17. The Morgan fingerprint density at radius 2 is 1.46 bits per heavy atom. The smallest absolute Gasteiger partial charge is 0.146 e. The molecule has 2 aliphatic rings. The van der Waals surface area contributed by atoms with Crippen molar-refractivity contribution < 1.29 is 0 Å². The van der Waals surface area contributed by atoms with Gasteiger partial charge >= 0.3 is 0 Å². The van der Waals surface area contributed by atoms with Crippen LogP contribution in [0.2, 0.25) is 0 Å². The molecule has 7 aromatic rings. The summed E-state index contributed by atoms with van der Waals surface area (Å²) in [4.78, 5) is 10.0. The fourth-order valence-corrected chi connectivity index (χ4v) is 6.58. The van der Waals surface area contributed by atoms with Crippen LogP contribution < -0.4 is 0 Å². The van der Waals surface area contributed by atoms with Gasteiger partial charge in [-0.15, -0.1) is 0 Å². The highest BCUT2D eigenvalue weighted by Crippen LogP contribution is 2.47. The second kappa shape index (κ2) is 6.13. The molecule has 2 aliphatic carbocycles. The number of pyridine rings is 2. The molecule has 3 nitrogen and oxygen atoms in total. The Balaban J connectivity index is 1.40. The van der Waals surface area contributed by atoms with Crippen LogP contribution in [0, 0.1) is 0 Å². The average Bonchev–Trinajstić information content (AvgIpc) is 3.58. The summed E-state index contributed by atoms with van der Waals surface area (Å²) in [5, 5.41) is 2.43. The highest BCUT2D eigenvalue weighted by atomic mass is 15.0. The lowest BCUT2D eigenvalue weighted by atomic mass is 9.96.